The summed E-state index contributed by atoms with van der Waals surface area (Å²) in [6.45, 7) is 3.47. The molecule has 2 N–H and O–H groups in total. The highest BCUT2D eigenvalue weighted by molar-refractivity contribution is 5.95. The lowest BCUT2D eigenvalue weighted by atomic mass is 10.2. The Balaban J connectivity index is 1.95. The maximum Gasteiger partial charge on any atom is 0.272 e. The number of carbonyl (C=O) groups excluding carboxylic acids is 2. The molecule has 2 aromatic rings. The number of amides is 2. The number of carbonyl (C=O) groups is 2. The molecule has 0 fully saturated rings. The molecular weight excluding hydrogens is 294 g/mol. The van der Waals surface area contributed by atoms with Crippen LogP contribution < -0.4 is 10.9 Å². The van der Waals surface area contributed by atoms with Gasteiger partial charge in [0.15, 0.2) is 0 Å². The summed E-state index contributed by atoms with van der Waals surface area (Å²) in [6, 6.07) is 4.28. The van der Waals surface area contributed by atoms with Gasteiger partial charge in [0.2, 0.25) is 0 Å². The molecule has 0 saturated carbocycles. The lowest BCUT2D eigenvalue weighted by Crippen LogP contribution is -2.43. The van der Waals surface area contributed by atoms with Gasteiger partial charge in [-0.1, -0.05) is 0 Å². The third-order valence-corrected chi connectivity index (χ3v) is 2.89. The molecule has 1 aromatic carbocycles. The Morgan fingerprint density at radius 2 is 1.91 bits per heavy atom. The van der Waals surface area contributed by atoms with Gasteiger partial charge in [-0.2, -0.15) is 5.10 Å². The van der Waals surface area contributed by atoms with Gasteiger partial charge in [0.05, 0.1) is 11.3 Å². The first-order valence-corrected chi connectivity index (χ1v) is 6.42. The molecule has 0 saturated heterocycles. The molecule has 0 aliphatic heterocycles. The summed E-state index contributed by atoms with van der Waals surface area (Å²) in [4.78, 5) is 23.4. The van der Waals surface area contributed by atoms with Crippen molar-refractivity contribution in [2.75, 3.05) is 0 Å². The van der Waals surface area contributed by atoms with E-state index in [1.54, 1.807) is 19.9 Å². The summed E-state index contributed by atoms with van der Waals surface area (Å²) in [7, 11) is 0. The van der Waals surface area contributed by atoms with Crippen LogP contribution in [0.25, 0.3) is 0 Å². The summed E-state index contributed by atoms with van der Waals surface area (Å²) >= 11 is 0. The molecule has 2 rings (SSSR count). The molecule has 0 radical (unpaired) electrons. The van der Waals surface area contributed by atoms with Crippen LogP contribution in [-0.4, -0.2) is 21.6 Å². The van der Waals surface area contributed by atoms with E-state index in [9.17, 15) is 18.4 Å². The molecule has 22 heavy (non-hydrogen) atoms. The van der Waals surface area contributed by atoms with Crippen LogP contribution >= 0.6 is 0 Å². The Morgan fingerprint density at radius 3 is 2.55 bits per heavy atom. The summed E-state index contributed by atoms with van der Waals surface area (Å²) in [5, 5.41) is 4.09. The molecule has 1 heterocycles. The number of aromatic nitrogens is 2. The van der Waals surface area contributed by atoms with E-state index in [4.69, 9.17) is 0 Å². The van der Waals surface area contributed by atoms with Gasteiger partial charge in [0.25, 0.3) is 11.8 Å². The maximum atomic E-state index is 13.4. The van der Waals surface area contributed by atoms with Gasteiger partial charge >= 0.3 is 0 Å². The first-order chi connectivity index (χ1) is 10.4. The Morgan fingerprint density at radius 1 is 1.18 bits per heavy atom. The molecule has 0 atom stereocenters. The molecule has 6 nitrogen and oxygen atoms in total. The van der Waals surface area contributed by atoms with E-state index >= 15 is 0 Å². The van der Waals surface area contributed by atoms with E-state index in [1.165, 1.54) is 4.68 Å². The molecule has 0 aliphatic carbocycles. The Bertz CT molecular complexity index is 728. The number of nitrogens with zero attached hydrogens (tertiary/aromatic N) is 2. The smallest absolute Gasteiger partial charge is 0.271 e. The predicted molar refractivity (Wildman–Crippen MR) is 73.7 cm³/mol. The zero-order valence-electron chi connectivity index (χ0n) is 12.0. The minimum absolute atomic E-state index is 0.106. The van der Waals surface area contributed by atoms with Crippen molar-refractivity contribution in [3.8, 4) is 0 Å². The minimum Gasteiger partial charge on any atom is -0.271 e. The topological polar surface area (TPSA) is 76.0 Å². The zero-order valence-corrected chi connectivity index (χ0v) is 12.0. The Kier molecular flexibility index (Phi) is 4.50. The van der Waals surface area contributed by atoms with Crippen LogP contribution in [0.1, 0.15) is 21.7 Å². The summed E-state index contributed by atoms with van der Waals surface area (Å²) in [5.74, 6) is -3.12. The molecule has 116 valence electrons. The van der Waals surface area contributed by atoms with Crippen molar-refractivity contribution in [3.05, 3.63) is 52.9 Å². The van der Waals surface area contributed by atoms with Crippen molar-refractivity contribution in [1.29, 1.82) is 0 Å². The molecule has 8 heteroatoms. The van der Waals surface area contributed by atoms with Gasteiger partial charge in [-0.25, -0.2) is 8.78 Å². The molecule has 0 bridgehead atoms. The van der Waals surface area contributed by atoms with Crippen LogP contribution in [0.3, 0.4) is 0 Å². The third-order valence-electron chi connectivity index (χ3n) is 2.89. The van der Waals surface area contributed by atoms with E-state index in [-0.39, 0.29) is 6.54 Å². The number of benzene rings is 1. The molecule has 1 aromatic heterocycles. The molecular formula is C14H14F2N4O2. The molecule has 0 spiro atoms. The second-order valence-electron chi connectivity index (χ2n) is 4.71. The number of halogens is 2. The van der Waals surface area contributed by atoms with Gasteiger partial charge in [-0.15, -0.1) is 0 Å². The van der Waals surface area contributed by atoms with Crippen molar-refractivity contribution in [3.63, 3.8) is 0 Å². The van der Waals surface area contributed by atoms with Gasteiger partial charge < -0.3 is 0 Å². The number of hydrazine groups is 1. The first kappa shape index (κ1) is 15.6. The highest BCUT2D eigenvalue weighted by Gasteiger charge is 2.14. The number of aryl methyl sites for hydroxylation is 2. The fourth-order valence-electron chi connectivity index (χ4n) is 1.88. The monoisotopic (exact) mass is 308 g/mol. The summed E-state index contributed by atoms with van der Waals surface area (Å²) < 4.78 is 27.8. The van der Waals surface area contributed by atoms with Crippen LogP contribution in [0.5, 0.6) is 0 Å². The lowest BCUT2D eigenvalue weighted by Gasteiger charge is -2.09. The number of hydrogen-bond donors (Lipinski definition) is 2. The number of rotatable bonds is 3. The average molecular weight is 308 g/mol. The van der Waals surface area contributed by atoms with Crippen LogP contribution in [0.2, 0.25) is 0 Å². The van der Waals surface area contributed by atoms with E-state index in [1.807, 2.05) is 5.43 Å². The van der Waals surface area contributed by atoms with E-state index < -0.39 is 29.0 Å². The third kappa shape index (κ3) is 3.66. The second kappa shape index (κ2) is 6.33. The van der Waals surface area contributed by atoms with Gasteiger partial charge in [-0.05, 0) is 38.1 Å². The van der Waals surface area contributed by atoms with E-state index in [0.717, 1.165) is 29.6 Å². The average Bonchev–Trinajstić information content (AvgIpc) is 2.77. The lowest BCUT2D eigenvalue weighted by molar-refractivity contribution is -0.122. The highest BCUT2D eigenvalue weighted by atomic mass is 19.1. The van der Waals surface area contributed by atoms with E-state index in [0.29, 0.717) is 0 Å². The largest absolute Gasteiger partial charge is 0.272 e. The molecule has 0 aliphatic rings. The van der Waals surface area contributed by atoms with Crippen LogP contribution in [0.4, 0.5) is 8.78 Å². The maximum absolute atomic E-state index is 13.4. The van der Waals surface area contributed by atoms with Gasteiger partial charge in [0, 0.05) is 5.69 Å². The second-order valence-corrected chi connectivity index (χ2v) is 4.71. The number of hydrogen-bond acceptors (Lipinski definition) is 3. The van der Waals surface area contributed by atoms with Gasteiger partial charge in [0.1, 0.15) is 18.2 Å². The van der Waals surface area contributed by atoms with E-state index in [2.05, 4.69) is 10.5 Å². The molecule has 2 amide bonds. The Labute approximate surface area is 125 Å². The Hall–Kier alpha value is -2.77. The summed E-state index contributed by atoms with van der Waals surface area (Å²) in [6.07, 6.45) is 0. The van der Waals surface area contributed by atoms with Crippen LogP contribution in [0, 0.1) is 25.5 Å². The number of nitrogens with one attached hydrogen (secondary N) is 2. The quantitative estimate of drug-likeness (QED) is 0.838. The normalized spacial score (nSPS) is 10.4. The van der Waals surface area contributed by atoms with Crippen molar-refractivity contribution < 1.29 is 18.4 Å². The van der Waals surface area contributed by atoms with Gasteiger partial charge in [-0.3, -0.25) is 25.1 Å². The zero-order chi connectivity index (χ0) is 16.3. The predicted octanol–water partition coefficient (Wildman–Crippen LogP) is 1.24. The summed E-state index contributed by atoms with van der Waals surface area (Å²) in [5.41, 5.74) is 5.20. The van der Waals surface area contributed by atoms with Crippen molar-refractivity contribution in [1.82, 2.24) is 20.6 Å². The first-order valence-electron chi connectivity index (χ1n) is 6.42. The SMILES string of the molecule is Cc1cc(C)n(CC(=O)NNC(=O)c2cc(F)ccc2F)n1. The standard InChI is InChI=1S/C14H14F2N4O2/c1-8-5-9(2)20(19-8)7-13(21)17-18-14(22)11-6-10(15)3-4-12(11)16/h3-6H,7H2,1-2H3,(H,17,21)(H,18,22). The fourth-order valence-corrected chi connectivity index (χ4v) is 1.88. The fraction of sp³-hybridized carbons (Fsp3) is 0.214. The minimum atomic E-state index is -0.946. The van der Waals surface area contributed by atoms with Crippen LogP contribution in [-0.2, 0) is 11.3 Å². The highest BCUT2D eigenvalue weighted by Crippen LogP contribution is 2.09. The van der Waals surface area contributed by atoms with Crippen LogP contribution in [0.15, 0.2) is 24.3 Å². The van der Waals surface area contributed by atoms with Crippen molar-refractivity contribution >= 4 is 11.8 Å². The molecule has 0 unspecified atom stereocenters. The van der Waals surface area contributed by atoms with Crippen molar-refractivity contribution in [2.45, 2.75) is 20.4 Å². The van der Waals surface area contributed by atoms with Crippen molar-refractivity contribution in [2.24, 2.45) is 0 Å².